The van der Waals surface area contributed by atoms with E-state index in [9.17, 15) is 0 Å². The second kappa shape index (κ2) is 11.1. The van der Waals surface area contributed by atoms with Crippen molar-refractivity contribution in [3.05, 3.63) is 176 Å². The van der Waals surface area contributed by atoms with E-state index in [0.29, 0.717) is 5.89 Å². The van der Waals surface area contributed by atoms with Crippen molar-refractivity contribution < 1.29 is 8.83 Å². The Labute approximate surface area is 309 Å². The van der Waals surface area contributed by atoms with Gasteiger partial charge in [0.1, 0.15) is 16.7 Å². The van der Waals surface area contributed by atoms with Gasteiger partial charge in [0.25, 0.3) is 0 Å². The average Bonchev–Trinajstić information content (AvgIpc) is 3.83. The molecule has 0 saturated heterocycles. The molecule has 10 aromatic carbocycles. The summed E-state index contributed by atoms with van der Waals surface area (Å²) in [6.45, 7) is 0. The highest BCUT2D eigenvalue weighted by atomic mass is 16.3. The fourth-order valence-electron chi connectivity index (χ4n) is 8.75. The Bertz CT molecular complexity index is 3440. The highest BCUT2D eigenvalue weighted by Gasteiger charge is 2.20. The number of hydrogen-bond acceptors (Lipinski definition) is 3. The zero-order valence-corrected chi connectivity index (χ0v) is 29.0. The van der Waals surface area contributed by atoms with Crippen LogP contribution in [0.4, 0.5) is 0 Å². The van der Waals surface area contributed by atoms with Gasteiger partial charge in [-0.15, -0.1) is 0 Å². The fourth-order valence-corrected chi connectivity index (χ4v) is 8.75. The maximum Gasteiger partial charge on any atom is 0.227 e. The van der Waals surface area contributed by atoms with Gasteiger partial charge in [-0.2, -0.15) is 0 Å². The molecule has 2 heterocycles. The third-order valence-electron chi connectivity index (χ3n) is 11.2. The fraction of sp³-hybridized carbons (Fsp3) is 0. The minimum Gasteiger partial charge on any atom is -0.456 e. The molecule has 0 fully saturated rings. The first kappa shape index (κ1) is 29.4. The van der Waals surface area contributed by atoms with E-state index in [4.69, 9.17) is 13.8 Å². The van der Waals surface area contributed by atoms with Crippen LogP contribution >= 0.6 is 0 Å². The van der Waals surface area contributed by atoms with Crippen molar-refractivity contribution in [3.63, 3.8) is 0 Å². The summed E-state index contributed by atoms with van der Waals surface area (Å²) >= 11 is 0. The van der Waals surface area contributed by atoms with E-state index < -0.39 is 0 Å². The smallest absolute Gasteiger partial charge is 0.227 e. The van der Waals surface area contributed by atoms with E-state index in [1.807, 2.05) is 30.3 Å². The zero-order valence-electron chi connectivity index (χ0n) is 29.0. The monoisotopic (exact) mass is 687 g/mol. The summed E-state index contributed by atoms with van der Waals surface area (Å²) in [4.78, 5) is 4.91. The molecular formula is C51H29NO2. The van der Waals surface area contributed by atoms with Gasteiger partial charge < -0.3 is 8.83 Å². The molecule has 0 bridgehead atoms. The average molecular weight is 688 g/mol. The van der Waals surface area contributed by atoms with Gasteiger partial charge in [-0.1, -0.05) is 127 Å². The maximum atomic E-state index is 6.58. The summed E-state index contributed by atoms with van der Waals surface area (Å²) in [6, 6.07) is 62.9. The zero-order chi connectivity index (χ0) is 35.3. The lowest BCUT2D eigenvalue weighted by Crippen LogP contribution is -1.91. The molecule has 3 heteroatoms. The molecule has 0 N–H and O–H groups in total. The standard InChI is InChI=1S/C51H29NO2/c1-2-10-32(11-3-1)51-52-44-24-22-31-20-18-30-19-21-35(27-41(30)49(31)50(44)54-51)47-37-14-6-8-16-39(37)48(40-17-9-7-15-38(40)47)36-23-25-45-42(28-36)43-26-33-12-4-5-13-34(33)29-46(43)53-45/h1-29H. The molecule has 0 unspecified atom stereocenters. The molecule has 54 heavy (non-hydrogen) atoms. The van der Waals surface area contributed by atoms with E-state index in [1.165, 1.54) is 49.0 Å². The molecule has 250 valence electrons. The molecule has 12 rings (SSSR count). The Balaban J connectivity index is 1.11. The summed E-state index contributed by atoms with van der Waals surface area (Å²) in [5.74, 6) is 0.633. The Morgan fingerprint density at radius 3 is 1.61 bits per heavy atom. The van der Waals surface area contributed by atoms with Crippen molar-refractivity contribution >= 4 is 86.9 Å². The number of aromatic nitrogens is 1. The van der Waals surface area contributed by atoms with Crippen LogP contribution in [0.2, 0.25) is 0 Å². The Kier molecular flexibility index (Phi) is 6.05. The second-order valence-electron chi connectivity index (χ2n) is 14.2. The van der Waals surface area contributed by atoms with Crippen LogP contribution < -0.4 is 0 Å². The van der Waals surface area contributed by atoms with Crippen LogP contribution in [0, 0.1) is 0 Å². The highest BCUT2D eigenvalue weighted by Crippen LogP contribution is 2.46. The van der Waals surface area contributed by atoms with Crippen molar-refractivity contribution in [2.24, 2.45) is 0 Å². The summed E-state index contributed by atoms with van der Waals surface area (Å²) in [6.07, 6.45) is 0. The van der Waals surface area contributed by atoms with Gasteiger partial charge >= 0.3 is 0 Å². The summed E-state index contributed by atoms with van der Waals surface area (Å²) in [7, 11) is 0. The summed E-state index contributed by atoms with van der Waals surface area (Å²) in [5.41, 5.74) is 9.23. The van der Waals surface area contributed by atoms with Crippen LogP contribution in [0.25, 0.3) is 121 Å². The van der Waals surface area contributed by atoms with Gasteiger partial charge in [-0.3, -0.25) is 0 Å². The Morgan fingerprint density at radius 2 is 0.889 bits per heavy atom. The van der Waals surface area contributed by atoms with E-state index in [1.54, 1.807) is 0 Å². The topological polar surface area (TPSA) is 39.2 Å². The number of oxazole rings is 1. The predicted molar refractivity (Wildman–Crippen MR) is 225 cm³/mol. The first-order valence-electron chi connectivity index (χ1n) is 18.4. The molecule has 0 aliphatic carbocycles. The largest absolute Gasteiger partial charge is 0.456 e. The van der Waals surface area contributed by atoms with Gasteiger partial charge in [0, 0.05) is 21.7 Å². The van der Waals surface area contributed by atoms with Crippen molar-refractivity contribution in [2.75, 3.05) is 0 Å². The van der Waals surface area contributed by atoms with Crippen molar-refractivity contribution in [1.29, 1.82) is 0 Å². The van der Waals surface area contributed by atoms with E-state index in [0.717, 1.165) is 65.7 Å². The summed E-state index contributed by atoms with van der Waals surface area (Å²) in [5, 5.41) is 14.0. The first-order chi connectivity index (χ1) is 26.7. The quantitative estimate of drug-likeness (QED) is 0.137. The lowest BCUT2D eigenvalue weighted by molar-refractivity contribution is 0.623. The van der Waals surface area contributed by atoms with Gasteiger partial charge in [0.15, 0.2) is 5.58 Å². The SMILES string of the molecule is c1ccc(-c2nc3ccc4ccc5ccc(-c6c7ccccc7c(-c7ccc8oc9cc%10ccccc%10cc9c8c7)c7ccccc67)cc5c4c3o2)cc1. The van der Waals surface area contributed by atoms with Crippen LogP contribution in [-0.4, -0.2) is 4.98 Å². The first-order valence-corrected chi connectivity index (χ1v) is 18.4. The molecular weight excluding hydrogens is 659 g/mol. The highest BCUT2D eigenvalue weighted by molar-refractivity contribution is 6.24. The number of furan rings is 1. The van der Waals surface area contributed by atoms with Gasteiger partial charge in [0.05, 0.1) is 0 Å². The van der Waals surface area contributed by atoms with Crippen molar-refractivity contribution in [2.45, 2.75) is 0 Å². The minimum absolute atomic E-state index is 0.633. The van der Waals surface area contributed by atoms with Crippen LogP contribution in [0.3, 0.4) is 0 Å². The number of fused-ring (bicyclic) bond motifs is 11. The number of benzene rings is 10. The third kappa shape index (κ3) is 4.27. The van der Waals surface area contributed by atoms with Gasteiger partial charge in [-0.25, -0.2) is 4.98 Å². The molecule has 2 aromatic heterocycles. The number of hydrogen-bond donors (Lipinski definition) is 0. The predicted octanol–water partition coefficient (Wildman–Crippen LogP) is 14.5. The Hall–Kier alpha value is -7.23. The molecule has 0 amide bonds. The van der Waals surface area contributed by atoms with Crippen LogP contribution in [0.15, 0.2) is 185 Å². The summed E-state index contributed by atoms with van der Waals surface area (Å²) < 4.78 is 13.0. The van der Waals surface area contributed by atoms with Crippen LogP contribution in [-0.2, 0) is 0 Å². The molecule has 0 radical (unpaired) electrons. The molecule has 0 atom stereocenters. The third-order valence-corrected chi connectivity index (χ3v) is 11.2. The van der Waals surface area contributed by atoms with E-state index in [-0.39, 0.29) is 0 Å². The lowest BCUT2D eigenvalue weighted by Gasteiger charge is -2.18. The number of rotatable bonds is 3. The van der Waals surface area contributed by atoms with Crippen molar-refractivity contribution in [1.82, 2.24) is 4.98 Å². The van der Waals surface area contributed by atoms with Gasteiger partial charge in [0.2, 0.25) is 5.89 Å². The molecule has 0 saturated carbocycles. The van der Waals surface area contributed by atoms with Crippen LogP contribution in [0.5, 0.6) is 0 Å². The van der Waals surface area contributed by atoms with Gasteiger partial charge in [-0.05, 0) is 119 Å². The normalized spacial score (nSPS) is 12.1. The molecule has 3 nitrogen and oxygen atoms in total. The minimum atomic E-state index is 0.633. The van der Waals surface area contributed by atoms with Crippen molar-refractivity contribution in [3.8, 4) is 33.7 Å². The number of nitrogens with zero attached hydrogens (tertiary/aromatic N) is 1. The molecule has 0 aliphatic heterocycles. The lowest BCUT2D eigenvalue weighted by atomic mass is 9.85. The molecule has 0 aliphatic rings. The van der Waals surface area contributed by atoms with E-state index >= 15 is 0 Å². The molecule has 12 aromatic rings. The maximum absolute atomic E-state index is 6.58. The Morgan fingerprint density at radius 1 is 0.333 bits per heavy atom. The van der Waals surface area contributed by atoms with E-state index in [2.05, 4.69) is 146 Å². The second-order valence-corrected chi connectivity index (χ2v) is 14.2. The molecule has 0 spiro atoms. The van der Waals surface area contributed by atoms with Crippen LogP contribution in [0.1, 0.15) is 0 Å².